The lowest BCUT2D eigenvalue weighted by atomic mass is 10.2. The molecule has 1 aromatic heterocycles. The molecule has 0 saturated heterocycles. The Bertz CT molecular complexity index is 711. The predicted octanol–water partition coefficient (Wildman–Crippen LogP) is 1.98. The molecule has 0 aliphatic heterocycles. The molecule has 0 amide bonds. The molecule has 0 fully saturated rings. The van der Waals surface area contributed by atoms with E-state index >= 15 is 0 Å². The van der Waals surface area contributed by atoms with Crippen molar-refractivity contribution in [1.29, 1.82) is 0 Å². The molecule has 1 aromatic carbocycles. The Morgan fingerprint density at radius 2 is 2.11 bits per heavy atom. The van der Waals surface area contributed by atoms with Gasteiger partial charge in [-0.2, -0.15) is 0 Å². The number of H-pyrrole nitrogens is 1. The van der Waals surface area contributed by atoms with E-state index in [2.05, 4.69) is 4.98 Å². The zero-order valence-electron chi connectivity index (χ0n) is 8.91. The molecule has 0 spiro atoms. The normalized spacial score (nSPS) is 10.6. The van der Waals surface area contributed by atoms with Crippen LogP contribution in [0.1, 0.15) is 5.56 Å². The highest BCUT2D eigenvalue weighted by molar-refractivity contribution is 14.1. The number of hydrogen-bond acceptors (Lipinski definition) is 2. The molecular formula is C11H7ClFIN2O2. The van der Waals surface area contributed by atoms with Gasteiger partial charge in [-0.15, -0.1) is 0 Å². The van der Waals surface area contributed by atoms with Gasteiger partial charge in [-0.25, -0.2) is 9.18 Å². The summed E-state index contributed by atoms with van der Waals surface area (Å²) < 4.78 is 15.3. The lowest BCUT2D eigenvalue weighted by Crippen LogP contribution is -2.31. The van der Waals surface area contributed by atoms with E-state index < -0.39 is 17.1 Å². The molecule has 0 aliphatic carbocycles. The van der Waals surface area contributed by atoms with Gasteiger partial charge in [0.1, 0.15) is 5.82 Å². The Labute approximate surface area is 120 Å². The van der Waals surface area contributed by atoms with Crippen molar-refractivity contribution < 1.29 is 4.39 Å². The van der Waals surface area contributed by atoms with E-state index in [0.717, 1.165) is 0 Å². The monoisotopic (exact) mass is 380 g/mol. The Morgan fingerprint density at radius 3 is 2.83 bits per heavy atom. The van der Waals surface area contributed by atoms with Crippen molar-refractivity contribution in [3.63, 3.8) is 0 Å². The second kappa shape index (κ2) is 5.23. The van der Waals surface area contributed by atoms with Crippen LogP contribution in [0.3, 0.4) is 0 Å². The maximum absolute atomic E-state index is 13.7. The average molecular weight is 381 g/mol. The lowest BCUT2D eigenvalue weighted by Gasteiger charge is -2.07. The third kappa shape index (κ3) is 2.64. The van der Waals surface area contributed by atoms with Crippen LogP contribution in [0.5, 0.6) is 0 Å². The first-order chi connectivity index (χ1) is 8.49. The SMILES string of the molecule is O=c1[nH]c(=O)n(Cc2cccc(Cl)c2F)cc1I. The van der Waals surface area contributed by atoms with Gasteiger partial charge in [0.2, 0.25) is 0 Å². The molecular weight excluding hydrogens is 373 g/mol. The van der Waals surface area contributed by atoms with Gasteiger partial charge in [0.15, 0.2) is 0 Å². The van der Waals surface area contributed by atoms with E-state index in [1.807, 2.05) is 0 Å². The van der Waals surface area contributed by atoms with E-state index in [4.69, 9.17) is 11.6 Å². The number of halogens is 3. The van der Waals surface area contributed by atoms with Crippen LogP contribution in [-0.2, 0) is 6.54 Å². The zero-order valence-corrected chi connectivity index (χ0v) is 11.8. The molecule has 0 saturated carbocycles. The fourth-order valence-electron chi connectivity index (χ4n) is 1.45. The summed E-state index contributed by atoms with van der Waals surface area (Å²) in [6.45, 7) is 0.0119. The van der Waals surface area contributed by atoms with Gasteiger partial charge in [-0.05, 0) is 28.7 Å². The smallest absolute Gasteiger partial charge is 0.295 e. The number of nitrogens with one attached hydrogen (secondary N) is 1. The van der Waals surface area contributed by atoms with Crippen molar-refractivity contribution in [3.05, 3.63) is 65.2 Å². The molecule has 18 heavy (non-hydrogen) atoms. The number of hydrogen-bond donors (Lipinski definition) is 1. The van der Waals surface area contributed by atoms with Crippen molar-refractivity contribution in [2.24, 2.45) is 0 Å². The highest BCUT2D eigenvalue weighted by Gasteiger charge is 2.08. The maximum atomic E-state index is 13.7. The Balaban J connectivity index is 2.47. The summed E-state index contributed by atoms with van der Waals surface area (Å²) >= 11 is 7.46. The third-order valence-corrected chi connectivity index (χ3v) is 3.40. The highest BCUT2D eigenvalue weighted by Crippen LogP contribution is 2.18. The number of aromatic nitrogens is 2. The predicted molar refractivity (Wildman–Crippen MR) is 74.6 cm³/mol. The molecule has 0 unspecified atom stereocenters. The fourth-order valence-corrected chi connectivity index (χ4v) is 2.12. The first kappa shape index (κ1) is 13.3. The number of benzene rings is 1. The summed E-state index contributed by atoms with van der Waals surface area (Å²) in [4.78, 5) is 24.9. The van der Waals surface area contributed by atoms with Crippen molar-refractivity contribution in [1.82, 2.24) is 9.55 Å². The number of rotatable bonds is 2. The summed E-state index contributed by atoms with van der Waals surface area (Å²) in [5, 5.41) is -0.000305. The van der Waals surface area contributed by atoms with Crippen LogP contribution < -0.4 is 11.2 Å². The molecule has 2 aromatic rings. The van der Waals surface area contributed by atoms with Crippen LogP contribution in [0.15, 0.2) is 34.0 Å². The van der Waals surface area contributed by atoms with Crippen molar-refractivity contribution >= 4 is 34.2 Å². The van der Waals surface area contributed by atoms with Crippen LogP contribution in [0.4, 0.5) is 4.39 Å². The third-order valence-electron chi connectivity index (χ3n) is 2.34. The Kier molecular flexibility index (Phi) is 3.86. The van der Waals surface area contributed by atoms with Crippen molar-refractivity contribution in [2.75, 3.05) is 0 Å². The fraction of sp³-hybridized carbons (Fsp3) is 0.0909. The van der Waals surface area contributed by atoms with Gasteiger partial charge in [0.25, 0.3) is 5.56 Å². The minimum absolute atomic E-state index is 0.000305. The van der Waals surface area contributed by atoms with Gasteiger partial charge in [-0.3, -0.25) is 14.3 Å². The van der Waals surface area contributed by atoms with E-state index in [1.165, 1.54) is 22.9 Å². The van der Waals surface area contributed by atoms with E-state index in [1.54, 1.807) is 28.7 Å². The molecule has 7 heteroatoms. The second-order valence-electron chi connectivity index (χ2n) is 3.58. The average Bonchev–Trinajstić information content (AvgIpc) is 2.32. The van der Waals surface area contributed by atoms with E-state index in [9.17, 15) is 14.0 Å². The molecule has 1 heterocycles. The molecule has 2 rings (SSSR count). The summed E-state index contributed by atoms with van der Waals surface area (Å²) in [6.07, 6.45) is 1.38. The van der Waals surface area contributed by atoms with Gasteiger partial charge < -0.3 is 0 Å². The Hall–Kier alpha value is -1.15. The topological polar surface area (TPSA) is 54.9 Å². The van der Waals surface area contributed by atoms with Crippen LogP contribution in [0, 0.1) is 9.39 Å². The molecule has 94 valence electrons. The summed E-state index contributed by atoms with van der Waals surface area (Å²) in [7, 11) is 0. The van der Waals surface area contributed by atoms with Crippen LogP contribution in [0.2, 0.25) is 5.02 Å². The summed E-state index contributed by atoms with van der Waals surface area (Å²) in [6, 6.07) is 4.56. The largest absolute Gasteiger partial charge is 0.328 e. The molecule has 1 N–H and O–H groups in total. The number of aromatic amines is 1. The zero-order chi connectivity index (χ0) is 13.3. The van der Waals surface area contributed by atoms with Crippen LogP contribution in [-0.4, -0.2) is 9.55 Å². The van der Waals surface area contributed by atoms with E-state index in [-0.39, 0.29) is 17.1 Å². The first-order valence-corrected chi connectivity index (χ1v) is 6.37. The maximum Gasteiger partial charge on any atom is 0.328 e. The van der Waals surface area contributed by atoms with Crippen molar-refractivity contribution in [3.8, 4) is 0 Å². The van der Waals surface area contributed by atoms with Gasteiger partial charge in [0.05, 0.1) is 15.1 Å². The quantitative estimate of drug-likeness (QED) is 0.810. The lowest BCUT2D eigenvalue weighted by molar-refractivity contribution is 0.592. The molecule has 0 atom stereocenters. The highest BCUT2D eigenvalue weighted by atomic mass is 127. The Morgan fingerprint density at radius 1 is 1.39 bits per heavy atom. The standard InChI is InChI=1S/C11H7ClFIN2O2/c12-7-3-1-2-6(9(7)13)4-16-5-8(14)10(17)15-11(16)18/h1-3,5H,4H2,(H,15,17,18). The minimum Gasteiger partial charge on any atom is -0.295 e. The van der Waals surface area contributed by atoms with Gasteiger partial charge in [0, 0.05) is 11.8 Å². The summed E-state index contributed by atoms with van der Waals surface area (Å²) in [5.41, 5.74) is -0.754. The molecule has 0 radical (unpaired) electrons. The van der Waals surface area contributed by atoms with Gasteiger partial charge in [-0.1, -0.05) is 23.7 Å². The minimum atomic E-state index is -0.584. The van der Waals surface area contributed by atoms with Crippen LogP contribution >= 0.6 is 34.2 Å². The summed E-state index contributed by atoms with van der Waals surface area (Å²) in [5.74, 6) is -0.563. The first-order valence-electron chi connectivity index (χ1n) is 4.91. The van der Waals surface area contributed by atoms with Crippen molar-refractivity contribution in [2.45, 2.75) is 6.54 Å². The molecule has 0 bridgehead atoms. The van der Waals surface area contributed by atoms with Crippen LogP contribution in [0.25, 0.3) is 0 Å². The van der Waals surface area contributed by atoms with Gasteiger partial charge >= 0.3 is 5.69 Å². The second-order valence-corrected chi connectivity index (χ2v) is 5.15. The molecule has 4 nitrogen and oxygen atoms in total. The number of nitrogens with zero attached hydrogens (tertiary/aromatic N) is 1. The van der Waals surface area contributed by atoms with E-state index in [0.29, 0.717) is 3.57 Å². The molecule has 0 aliphatic rings.